The molecule has 0 radical (unpaired) electrons. The van der Waals surface area contributed by atoms with Gasteiger partial charge in [-0.15, -0.1) is 0 Å². The fourth-order valence-corrected chi connectivity index (χ4v) is 2.78. The Labute approximate surface area is 146 Å². The van der Waals surface area contributed by atoms with Crippen LogP contribution < -0.4 is 14.8 Å². The van der Waals surface area contributed by atoms with E-state index in [0.29, 0.717) is 5.56 Å². The van der Waals surface area contributed by atoms with Crippen molar-refractivity contribution in [1.82, 2.24) is 10.0 Å². The summed E-state index contributed by atoms with van der Waals surface area (Å²) in [4.78, 5) is 11.7. The second kappa shape index (κ2) is 8.59. The number of hydrogen-bond acceptors (Lipinski definition) is 4. The van der Waals surface area contributed by atoms with Crippen LogP contribution >= 0.6 is 0 Å². The Bertz CT molecular complexity index is 823. The molecule has 134 valence electrons. The second-order valence-corrected chi connectivity index (χ2v) is 7.20. The summed E-state index contributed by atoms with van der Waals surface area (Å²) >= 11 is 0. The van der Waals surface area contributed by atoms with Crippen LogP contribution in [0.4, 0.5) is 4.39 Å². The van der Waals surface area contributed by atoms with Crippen molar-refractivity contribution in [3.05, 3.63) is 65.5 Å². The Kier molecular flexibility index (Phi) is 6.49. The van der Waals surface area contributed by atoms with Gasteiger partial charge < -0.3 is 10.1 Å². The van der Waals surface area contributed by atoms with Crippen molar-refractivity contribution in [3.63, 3.8) is 0 Å². The van der Waals surface area contributed by atoms with Gasteiger partial charge in [-0.25, -0.2) is 17.5 Å². The minimum atomic E-state index is -3.32. The maximum atomic E-state index is 13.4. The molecule has 0 unspecified atom stereocenters. The van der Waals surface area contributed by atoms with Gasteiger partial charge in [0.05, 0.1) is 5.75 Å². The SMILES string of the molecule is CNS(=O)(=O)Cc1ccc(CNC(=O)COc2ccccc2F)cc1. The maximum Gasteiger partial charge on any atom is 0.258 e. The van der Waals surface area contributed by atoms with E-state index >= 15 is 0 Å². The zero-order valence-corrected chi connectivity index (χ0v) is 14.5. The molecule has 0 fully saturated rings. The van der Waals surface area contributed by atoms with Gasteiger partial charge in [0.1, 0.15) is 0 Å². The molecular weight excluding hydrogens is 347 g/mol. The van der Waals surface area contributed by atoms with Crippen molar-refractivity contribution in [2.24, 2.45) is 0 Å². The number of ether oxygens (including phenoxy) is 1. The molecule has 2 N–H and O–H groups in total. The van der Waals surface area contributed by atoms with Crippen molar-refractivity contribution in [3.8, 4) is 5.75 Å². The first-order chi connectivity index (χ1) is 11.9. The molecule has 2 aromatic rings. The molecule has 0 aliphatic rings. The van der Waals surface area contributed by atoms with Gasteiger partial charge in [0, 0.05) is 6.54 Å². The summed E-state index contributed by atoms with van der Waals surface area (Å²) in [6.45, 7) is -0.0298. The number of amides is 1. The molecule has 0 heterocycles. The van der Waals surface area contributed by atoms with Crippen LogP contribution in [0.1, 0.15) is 11.1 Å². The number of rotatable bonds is 8. The molecule has 2 aromatic carbocycles. The summed E-state index contributed by atoms with van der Waals surface area (Å²) in [5.41, 5.74) is 1.46. The number of nitrogens with one attached hydrogen (secondary N) is 2. The molecule has 8 heteroatoms. The summed E-state index contributed by atoms with van der Waals surface area (Å²) in [6, 6.07) is 12.7. The minimum Gasteiger partial charge on any atom is -0.481 e. The predicted molar refractivity (Wildman–Crippen MR) is 91.9 cm³/mol. The Morgan fingerprint density at radius 3 is 2.36 bits per heavy atom. The number of carbonyl (C=O) groups excluding carboxylic acids is 1. The summed E-state index contributed by atoms with van der Waals surface area (Å²) < 4.78 is 43.7. The van der Waals surface area contributed by atoms with E-state index in [-0.39, 0.29) is 30.6 Å². The molecular formula is C17H19FN2O4S. The molecule has 0 bridgehead atoms. The number of sulfonamides is 1. The fraction of sp³-hybridized carbons (Fsp3) is 0.235. The van der Waals surface area contributed by atoms with Crippen LogP contribution in [0.15, 0.2) is 48.5 Å². The van der Waals surface area contributed by atoms with E-state index in [1.54, 1.807) is 30.3 Å². The highest BCUT2D eigenvalue weighted by molar-refractivity contribution is 7.88. The zero-order valence-electron chi connectivity index (χ0n) is 13.7. The normalized spacial score (nSPS) is 11.1. The molecule has 0 atom stereocenters. The quantitative estimate of drug-likeness (QED) is 0.743. The lowest BCUT2D eigenvalue weighted by Gasteiger charge is -2.09. The van der Waals surface area contributed by atoms with Crippen molar-refractivity contribution >= 4 is 15.9 Å². The lowest BCUT2D eigenvalue weighted by atomic mass is 10.1. The van der Waals surface area contributed by atoms with Crippen molar-refractivity contribution in [2.75, 3.05) is 13.7 Å². The molecule has 0 saturated heterocycles. The van der Waals surface area contributed by atoms with Crippen molar-refractivity contribution in [2.45, 2.75) is 12.3 Å². The third-order valence-electron chi connectivity index (χ3n) is 3.38. The largest absolute Gasteiger partial charge is 0.481 e. The molecule has 6 nitrogen and oxygen atoms in total. The predicted octanol–water partition coefficient (Wildman–Crippen LogP) is 1.57. The van der Waals surface area contributed by atoms with E-state index in [1.807, 2.05) is 0 Å². The van der Waals surface area contributed by atoms with Crippen molar-refractivity contribution in [1.29, 1.82) is 0 Å². The molecule has 0 aromatic heterocycles. The number of hydrogen-bond donors (Lipinski definition) is 2. The summed E-state index contributed by atoms with van der Waals surface area (Å²) in [6.07, 6.45) is 0. The lowest BCUT2D eigenvalue weighted by molar-refractivity contribution is -0.123. The van der Waals surface area contributed by atoms with Gasteiger partial charge in [-0.05, 0) is 30.3 Å². The van der Waals surface area contributed by atoms with E-state index in [1.165, 1.54) is 25.2 Å². The topological polar surface area (TPSA) is 84.5 Å². The average Bonchev–Trinajstić information content (AvgIpc) is 2.60. The van der Waals surface area contributed by atoms with Crippen LogP contribution in [0.3, 0.4) is 0 Å². The number of halogens is 1. The number of carbonyl (C=O) groups is 1. The van der Waals surface area contributed by atoms with E-state index in [4.69, 9.17) is 4.74 Å². The van der Waals surface area contributed by atoms with E-state index in [9.17, 15) is 17.6 Å². The summed E-state index contributed by atoms with van der Waals surface area (Å²) in [5.74, 6) is -0.993. The Morgan fingerprint density at radius 2 is 1.72 bits per heavy atom. The first kappa shape index (κ1) is 18.9. The third-order valence-corrected chi connectivity index (χ3v) is 4.71. The Balaban J connectivity index is 1.81. The Morgan fingerprint density at radius 1 is 1.08 bits per heavy atom. The van der Waals surface area contributed by atoms with Gasteiger partial charge in [-0.1, -0.05) is 36.4 Å². The molecule has 0 spiro atoms. The molecule has 2 rings (SSSR count). The molecule has 0 aliphatic carbocycles. The summed E-state index contributed by atoms with van der Waals surface area (Å²) in [5, 5.41) is 2.65. The highest BCUT2D eigenvalue weighted by Crippen LogP contribution is 2.15. The molecule has 0 saturated carbocycles. The monoisotopic (exact) mass is 366 g/mol. The highest BCUT2D eigenvalue weighted by atomic mass is 32.2. The van der Waals surface area contributed by atoms with Gasteiger partial charge in [-0.2, -0.15) is 0 Å². The van der Waals surface area contributed by atoms with Crippen molar-refractivity contribution < 1.29 is 22.3 Å². The van der Waals surface area contributed by atoms with E-state index in [0.717, 1.165) is 5.56 Å². The first-order valence-electron chi connectivity index (χ1n) is 7.52. The van der Waals surface area contributed by atoms with Crippen LogP contribution in [0.25, 0.3) is 0 Å². The number of benzene rings is 2. The zero-order chi connectivity index (χ0) is 18.3. The van der Waals surface area contributed by atoms with Crippen LogP contribution in [0, 0.1) is 5.82 Å². The van der Waals surface area contributed by atoms with Gasteiger partial charge in [0.15, 0.2) is 18.2 Å². The van der Waals surface area contributed by atoms with Crippen LogP contribution in [0.2, 0.25) is 0 Å². The van der Waals surface area contributed by atoms with Gasteiger partial charge in [0.2, 0.25) is 10.0 Å². The molecule has 25 heavy (non-hydrogen) atoms. The van der Waals surface area contributed by atoms with Gasteiger partial charge >= 0.3 is 0 Å². The van der Waals surface area contributed by atoms with Gasteiger partial charge in [-0.3, -0.25) is 4.79 Å². The first-order valence-corrected chi connectivity index (χ1v) is 9.18. The van der Waals surface area contributed by atoms with Crippen LogP contribution in [0.5, 0.6) is 5.75 Å². The fourth-order valence-electron chi connectivity index (χ4n) is 2.00. The molecule has 0 aliphatic heterocycles. The standard InChI is InChI=1S/C17H19FN2O4S/c1-19-25(22,23)12-14-8-6-13(7-9-14)10-20-17(21)11-24-16-5-3-2-4-15(16)18/h2-9,19H,10-12H2,1H3,(H,20,21). The minimum absolute atomic E-state index is 0.0211. The maximum absolute atomic E-state index is 13.4. The smallest absolute Gasteiger partial charge is 0.258 e. The lowest BCUT2D eigenvalue weighted by Crippen LogP contribution is -2.28. The third kappa shape index (κ3) is 6.17. The second-order valence-electron chi connectivity index (χ2n) is 5.28. The summed E-state index contributed by atoms with van der Waals surface area (Å²) in [7, 11) is -1.95. The van der Waals surface area contributed by atoms with E-state index in [2.05, 4.69) is 10.0 Å². The van der Waals surface area contributed by atoms with Gasteiger partial charge in [0.25, 0.3) is 5.91 Å². The Hall–Kier alpha value is -2.45. The highest BCUT2D eigenvalue weighted by Gasteiger charge is 2.09. The number of para-hydroxylation sites is 1. The van der Waals surface area contributed by atoms with Crippen LogP contribution in [-0.2, 0) is 27.1 Å². The van der Waals surface area contributed by atoms with E-state index < -0.39 is 15.8 Å². The average molecular weight is 366 g/mol. The molecule has 1 amide bonds. The van der Waals surface area contributed by atoms with Crippen LogP contribution in [-0.4, -0.2) is 28.0 Å².